The Balaban J connectivity index is 2.86. The summed E-state index contributed by atoms with van der Waals surface area (Å²) < 4.78 is 29.7. The molecule has 0 amide bonds. The van der Waals surface area contributed by atoms with E-state index in [1.165, 1.54) is 0 Å². The minimum atomic E-state index is -1.70. The minimum Gasteiger partial charge on any atom is -0.496 e. The predicted octanol–water partition coefficient (Wildman–Crippen LogP) is 3.36. The molecule has 152 valence electrons. The van der Waals surface area contributed by atoms with Crippen molar-refractivity contribution < 1.29 is 23.7 Å². The molecule has 1 aliphatic rings. The Bertz CT molecular complexity index is 726. The topological polar surface area (TPSA) is 93.7 Å². The number of ether oxygens (including phenoxy) is 5. The molecule has 7 nitrogen and oxygen atoms in total. The largest absolute Gasteiger partial charge is 0.496 e. The Morgan fingerprint density at radius 3 is 1.79 bits per heavy atom. The molecule has 1 unspecified atom stereocenters. The number of benzene rings is 1. The van der Waals surface area contributed by atoms with Crippen molar-refractivity contribution in [3.05, 3.63) is 29.8 Å². The van der Waals surface area contributed by atoms with Gasteiger partial charge in [0.2, 0.25) is 11.2 Å². The van der Waals surface area contributed by atoms with Crippen LogP contribution in [0.3, 0.4) is 0 Å². The first kappa shape index (κ1) is 22.1. The molecule has 0 radical (unpaired) electrons. The van der Waals surface area contributed by atoms with Crippen LogP contribution in [-0.2, 0) is 18.9 Å². The SMILES string of the molecule is CCOC1(OCC)C(c2ccccc2OC)C(C#N)(C#N)C1(OCC)OCC. The Morgan fingerprint density at radius 1 is 0.857 bits per heavy atom. The summed E-state index contributed by atoms with van der Waals surface area (Å²) in [5, 5.41) is 20.4. The maximum Gasteiger partial charge on any atom is 0.258 e. The fourth-order valence-corrected chi connectivity index (χ4v) is 4.21. The zero-order valence-corrected chi connectivity index (χ0v) is 17.2. The van der Waals surface area contributed by atoms with Gasteiger partial charge in [-0.3, -0.25) is 0 Å². The first-order valence-electron chi connectivity index (χ1n) is 9.55. The maximum atomic E-state index is 10.2. The van der Waals surface area contributed by atoms with E-state index >= 15 is 0 Å². The molecule has 1 aromatic rings. The van der Waals surface area contributed by atoms with Crippen molar-refractivity contribution in [1.82, 2.24) is 0 Å². The molecule has 2 rings (SSSR count). The van der Waals surface area contributed by atoms with E-state index in [0.29, 0.717) is 11.3 Å². The van der Waals surface area contributed by atoms with Crippen LogP contribution in [0.5, 0.6) is 5.75 Å². The van der Waals surface area contributed by atoms with Crippen molar-refractivity contribution >= 4 is 0 Å². The van der Waals surface area contributed by atoms with Crippen LogP contribution in [0.2, 0.25) is 0 Å². The monoisotopic (exact) mass is 388 g/mol. The van der Waals surface area contributed by atoms with Crippen LogP contribution in [0.25, 0.3) is 0 Å². The number of rotatable bonds is 10. The zero-order valence-electron chi connectivity index (χ0n) is 17.2. The third-order valence-electron chi connectivity index (χ3n) is 5.01. The highest BCUT2D eigenvalue weighted by molar-refractivity contribution is 5.51. The van der Waals surface area contributed by atoms with Crippen LogP contribution in [0.4, 0.5) is 0 Å². The van der Waals surface area contributed by atoms with Gasteiger partial charge in [0.15, 0.2) is 0 Å². The second kappa shape index (κ2) is 8.89. The summed E-state index contributed by atoms with van der Waals surface area (Å²) in [6.45, 7) is 8.18. The number of para-hydroxylation sites is 1. The van der Waals surface area contributed by atoms with E-state index in [1.807, 2.05) is 32.0 Å². The normalized spacial score (nSPS) is 21.2. The minimum absolute atomic E-state index is 0.214. The summed E-state index contributed by atoms with van der Waals surface area (Å²) in [4.78, 5) is 0. The fraction of sp³-hybridized carbons (Fsp3) is 0.619. The van der Waals surface area contributed by atoms with E-state index in [0.717, 1.165) is 0 Å². The average Bonchev–Trinajstić information content (AvgIpc) is 2.71. The van der Waals surface area contributed by atoms with Crippen LogP contribution in [0, 0.1) is 28.1 Å². The van der Waals surface area contributed by atoms with E-state index in [2.05, 4.69) is 12.1 Å². The third-order valence-corrected chi connectivity index (χ3v) is 5.01. The Hall–Kier alpha value is -2.16. The van der Waals surface area contributed by atoms with Gasteiger partial charge < -0.3 is 23.7 Å². The Labute approximate surface area is 166 Å². The van der Waals surface area contributed by atoms with Gasteiger partial charge in [-0.05, 0) is 33.8 Å². The van der Waals surface area contributed by atoms with Crippen molar-refractivity contribution in [2.24, 2.45) is 5.41 Å². The maximum absolute atomic E-state index is 10.2. The molecule has 1 aliphatic carbocycles. The molecule has 0 spiro atoms. The lowest BCUT2D eigenvalue weighted by Crippen LogP contribution is -2.83. The highest BCUT2D eigenvalue weighted by Crippen LogP contribution is 2.70. The van der Waals surface area contributed by atoms with Crippen LogP contribution in [0.15, 0.2) is 24.3 Å². The summed E-state index contributed by atoms with van der Waals surface area (Å²) in [6, 6.07) is 11.6. The standard InChI is InChI=1S/C21H28N2O5/c1-6-25-20(26-7-2)18(16-12-10-11-13-17(16)24-5)19(14-22,15-23)21(20,27-8-3)28-9-4/h10-13,18H,6-9H2,1-5H3. The molecule has 1 aromatic carbocycles. The number of hydrogen-bond acceptors (Lipinski definition) is 7. The van der Waals surface area contributed by atoms with Crippen molar-refractivity contribution in [2.75, 3.05) is 33.5 Å². The summed E-state index contributed by atoms with van der Waals surface area (Å²) >= 11 is 0. The first-order valence-corrected chi connectivity index (χ1v) is 9.55. The van der Waals surface area contributed by atoms with Crippen molar-refractivity contribution in [3.8, 4) is 17.9 Å². The molecule has 28 heavy (non-hydrogen) atoms. The van der Waals surface area contributed by atoms with E-state index in [4.69, 9.17) is 23.7 Å². The van der Waals surface area contributed by atoms with Crippen LogP contribution in [0.1, 0.15) is 39.2 Å². The van der Waals surface area contributed by atoms with Crippen LogP contribution < -0.4 is 4.74 Å². The molecule has 1 saturated carbocycles. The van der Waals surface area contributed by atoms with Gasteiger partial charge in [0, 0.05) is 32.0 Å². The molecule has 7 heteroatoms. The van der Waals surface area contributed by atoms with Crippen molar-refractivity contribution in [3.63, 3.8) is 0 Å². The van der Waals surface area contributed by atoms with Gasteiger partial charge in [-0.2, -0.15) is 10.5 Å². The molecule has 1 atom stereocenters. The number of hydrogen-bond donors (Lipinski definition) is 0. The number of methoxy groups -OCH3 is 1. The lowest BCUT2D eigenvalue weighted by molar-refractivity contribution is -0.496. The van der Waals surface area contributed by atoms with Gasteiger partial charge >= 0.3 is 0 Å². The van der Waals surface area contributed by atoms with Gasteiger partial charge in [-0.1, -0.05) is 18.2 Å². The molecule has 1 fully saturated rings. The van der Waals surface area contributed by atoms with Gasteiger partial charge in [0.05, 0.1) is 25.2 Å². The summed E-state index contributed by atoms with van der Waals surface area (Å²) in [5.74, 6) is -3.45. The zero-order chi connectivity index (χ0) is 20.8. The quantitative estimate of drug-likeness (QED) is 0.567. The number of nitrogens with zero attached hydrogens (tertiary/aromatic N) is 2. The molecule has 0 aliphatic heterocycles. The summed E-state index contributed by atoms with van der Waals surface area (Å²) in [7, 11) is 1.54. The predicted molar refractivity (Wildman–Crippen MR) is 101 cm³/mol. The first-order chi connectivity index (χ1) is 13.5. The molecule has 0 saturated heterocycles. The van der Waals surface area contributed by atoms with Gasteiger partial charge in [0.25, 0.3) is 5.79 Å². The van der Waals surface area contributed by atoms with Gasteiger partial charge in [-0.25, -0.2) is 0 Å². The number of nitriles is 2. The second-order valence-electron chi connectivity index (χ2n) is 6.22. The van der Waals surface area contributed by atoms with E-state index in [9.17, 15) is 10.5 Å². The van der Waals surface area contributed by atoms with Gasteiger partial charge in [0.1, 0.15) is 5.75 Å². The molecular weight excluding hydrogens is 360 g/mol. The van der Waals surface area contributed by atoms with Crippen molar-refractivity contribution in [2.45, 2.75) is 45.2 Å². The van der Waals surface area contributed by atoms with E-state index < -0.39 is 22.9 Å². The Kier molecular flexibility index (Phi) is 7.03. The smallest absolute Gasteiger partial charge is 0.258 e. The highest BCUT2D eigenvalue weighted by Gasteiger charge is 2.87. The molecule has 0 N–H and O–H groups in total. The van der Waals surface area contributed by atoms with Gasteiger partial charge in [-0.15, -0.1) is 0 Å². The highest BCUT2D eigenvalue weighted by atomic mass is 16.8. The summed E-state index contributed by atoms with van der Waals surface area (Å²) in [6.07, 6.45) is 0. The fourth-order valence-electron chi connectivity index (χ4n) is 4.21. The molecular formula is C21H28N2O5. The second-order valence-corrected chi connectivity index (χ2v) is 6.22. The lowest BCUT2D eigenvalue weighted by atomic mass is 9.49. The molecule has 0 aromatic heterocycles. The van der Waals surface area contributed by atoms with Crippen molar-refractivity contribution in [1.29, 1.82) is 10.5 Å². The lowest BCUT2D eigenvalue weighted by Gasteiger charge is -2.66. The Morgan fingerprint density at radius 2 is 1.36 bits per heavy atom. The molecule has 0 heterocycles. The van der Waals surface area contributed by atoms with Crippen LogP contribution >= 0.6 is 0 Å². The summed E-state index contributed by atoms with van der Waals surface area (Å²) in [5.41, 5.74) is -1.07. The molecule has 0 bridgehead atoms. The van der Waals surface area contributed by atoms with E-state index in [-0.39, 0.29) is 26.4 Å². The average molecular weight is 388 g/mol. The third kappa shape index (κ3) is 2.78. The van der Waals surface area contributed by atoms with Crippen LogP contribution in [-0.4, -0.2) is 45.1 Å². The van der Waals surface area contributed by atoms with E-state index in [1.54, 1.807) is 27.0 Å².